The van der Waals surface area contributed by atoms with Gasteiger partial charge in [-0.15, -0.1) is 0 Å². The minimum atomic E-state index is -0.601. The number of fused-ring (bicyclic) bond motifs is 1. The first-order valence-electron chi connectivity index (χ1n) is 8.12. The van der Waals surface area contributed by atoms with Crippen molar-refractivity contribution in [2.45, 2.75) is 38.3 Å². The average molecular weight is 312 g/mol. The smallest absolute Gasteiger partial charge is 0.167 e. The van der Waals surface area contributed by atoms with Gasteiger partial charge in [0.1, 0.15) is 0 Å². The lowest BCUT2D eigenvalue weighted by molar-refractivity contribution is -0.148. The highest BCUT2D eigenvalue weighted by atomic mass is 16.8. The van der Waals surface area contributed by atoms with Gasteiger partial charge in [-0.05, 0) is 20.3 Å². The fraction of sp³-hybridized carbons (Fsp3) is 0.474. The molecule has 1 aromatic carbocycles. The molecule has 0 amide bonds. The third-order valence-electron chi connectivity index (χ3n) is 5.23. The van der Waals surface area contributed by atoms with Crippen LogP contribution in [0.3, 0.4) is 0 Å². The van der Waals surface area contributed by atoms with Crippen LogP contribution in [-0.2, 0) is 9.47 Å². The maximum Gasteiger partial charge on any atom is 0.167 e. The first-order chi connectivity index (χ1) is 11.0. The number of ether oxygens (including phenoxy) is 2. The van der Waals surface area contributed by atoms with Gasteiger partial charge in [0.2, 0.25) is 0 Å². The summed E-state index contributed by atoms with van der Waals surface area (Å²) >= 11 is 0. The Morgan fingerprint density at radius 3 is 2.70 bits per heavy atom. The number of hydrogen-bond donors (Lipinski definition) is 0. The van der Waals surface area contributed by atoms with Crippen LogP contribution in [0.15, 0.2) is 36.4 Å². The van der Waals surface area contributed by atoms with Gasteiger partial charge in [0.05, 0.1) is 12.2 Å². The molecule has 3 aliphatic carbocycles. The summed E-state index contributed by atoms with van der Waals surface area (Å²) < 4.78 is 12.1. The molecule has 2 bridgehead atoms. The maximum atomic E-state index is 13.0. The van der Waals surface area contributed by atoms with Crippen molar-refractivity contribution in [2.75, 3.05) is 0 Å². The van der Waals surface area contributed by atoms with Crippen molar-refractivity contribution >= 4 is 12.1 Å². The van der Waals surface area contributed by atoms with Crippen molar-refractivity contribution in [1.82, 2.24) is 0 Å². The zero-order valence-electron chi connectivity index (χ0n) is 13.3. The van der Waals surface area contributed by atoms with Crippen molar-refractivity contribution in [3.8, 4) is 0 Å². The average Bonchev–Trinajstić information content (AvgIpc) is 2.91. The van der Waals surface area contributed by atoms with Crippen LogP contribution in [0, 0.1) is 17.8 Å². The Morgan fingerprint density at radius 2 is 1.91 bits per heavy atom. The molecule has 1 saturated carbocycles. The zero-order valence-corrected chi connectivity index (χ0v) is 13.3. The summed E-state index contributed by atoms with van der Waals surface area (Å²) in [5.74, 6) is -0.497. The van der Waals surface area contributed by atoms with E-state index in [4.69, 9.17) is 9.47 Å². The number of aldehydes is 1. The number of carbonyl (C=O) groups excluding carboxylic acids is 2. The third-order valence-corrected chi connectivity index (χ3v) is 5.23. The van der Waals surface area contributed by atoms with E-state index >= 15 is 0 Å². The lowest BCUT2D eigenvalue weighted by Crippen LogP contribution is -2.50. The molecular formula is C19H20O4. The summed E-state index contributed by atoms with van der Waals surface area (Å²) in [6, 6.07) is 7.02. The Hall–Kier alpha value is -1.78. The number of hydrogen-bond acceptors (Lipinski definition) is 4. The quantitative estimate of drug-likeness (QED) is 0.489. The Kier molecular flexibility index (Phi) is 3.29. The maximum absolute atomic E-state index is 13.0. The van der Waals surface area contributed by atoms with Gasteiger partial charge in [-0.1, -0.05) is 36.4 Å². The lowest BCUT2D eigenvalue weighted by atomic mass is 9.64. The van der Waals surface area contributed by atoms with Gasteiger partial charge in [-0.2, -0.15) is 0 Å². The summed E-state index contributed by atoms with van der Waals surface area (Å²) in [6.45, 7) is 3.84. The molecule has 0 N–H and O–H groups in total. The number of Topliss-reactive ketones (excluding diaryl/α,β-unsaturated/α-hetero) is 1. The summed E-state index contributed by atoms with van der Waals surface area (Å²) in [6.07, 6.45) is 5.73. The predicted molar refractivity (Wildman–Crippen MR) is 84.2 cm³/mol. The molecule has 120 valence electrons. The molecule has 1 aliphatic heterocycles. The van der Waals surface area contributed by atoms with Crippen LogP contribution in [0.25, 0.3) is 0 Å². The van der Waals surface area contributed by atoms with E-state index in [0.717, 1.165) is 12.7 Å². The monoisotopic (exact) mass is 312 g/mol. The second kappa shape index (κ2) is 5.11. The molecule has 23 heavy (non-hydrogen) atoms. The fourth-order valence-corrected chi connectivity index (χ4v) is 4.27. The van der Waals surface area contributed by atoms with E-state index in [0.29, 0.717) is 11.1 Å². The Morgan fingerprint density at radius 1 is 1.17 bits per heavy atom. The van der Waals surface area contributed by atoms with Crippen LogP contribution < -0.4 is 0 Å². The van der Waals surface area contributed by atoms with Crippen LogP contribution in [-0.4, -0.2) is 30.1 Å². The Balaban J connectivity index is 1.66. The molecule has 5 rings (SSSR count). The molecule has 4 nitrogen and oxygen atoms in total. The van der Waals surface area contributed by atoms with Crippen molar-refractivity contribution in [3.63, 3.8) is 0 Å². The molecule has 4 heteroatoms. The van der Waals surface area contributed by atoms with E-state index in [1.54, 1.807) is 24.3 Å². The number of rotatable bonds is 3. The summed E-state index contributed by atoms with van der Waals surface area (Å²) in [5, 5.41) is 0. The van der Waals surface area contributed by atoms with Crippen molar-refractivity contribution < 1.29 is 19.1 Å². The number of carbonyl (C=O) groups is 2. The van der Waals surface area contributed by atoms with Crippen LogP contribution in [0.5, 0.6) is 0 Å². The molecule has 5 atom stereocenters. The predicted octanol–water partition coefficient (Wildman–Crippen LogP) is 3.02. The first kappa shape index (κ1) is 14.8. The minimum Gasteiger partial charge on any atom is -0.344 e. The van der Waals surface area contributed by atoms with Gasteiger partial charge in [-0.25, -0.2) is 0 Å². The molecule has 2 fully saturated rings. The highest BCUT2D eigenvalue weighted by Gasteiger charge is 2.56. The first-order valence-corrected chi connectivity index (χ1v) is 8.12. The second-order valence-electron chi connectivity index (χ2n) is 7.10. The molecule has 0 spiro atoms. The van der Waals surface area contributed by atoms with Crippen molar-refractivity contribution in [1.29, 1.82) is 0 Å². The second-order valence-corrected chi connectivity index (χ2v) is 7.10. The van der Waals surface area contributed by atoms with Gasteiger partial charge in [0, 0.05) is 28.9 Å². The van der Waals surface area contributed by atoms with Crippen molar-refractivity contribution in [3.05, 3.63) is 47.5 Å². The fourth-order valence-electron chi connectivity index (χ4n) is 4.27. The van der Waals surface area contributed by atoms with E-state index < -0.39 is 5.79 Å². The van der Waals surface area contributed by atoms with E-state index in [1.165, 1.54) is 0 Å². The largest absolute Gasteiger partial charge is 0.344 e. The van der Waals surface area contributed by atoms with Gasteiger partial charge in [-0.3, -0.25) is 9.59 Å². The molecular weight excluding hydrogens is 292 g/mol. The standard InChI is InChI=1S/C19H20O4/c1-19(2)22-17-11-7-8-14(18(17)23-19)15(9-11)16(21)13-6-4-3-5-12(13)10-20/h3-8,10-11,14-15,17-18H,9H2,1-2H3. The summed E-state index contributed by atoms with van der Waals surface area (Å²) in [7, 11) is 0. The van der Waals surface area contributed by atoms with E-state index in [2.05, 4.69) is 12.2 Å². The molecule has 0 aromatic heterocycles. The zero-order chi connectivity index (χ0) is 16.2. The molecule has 1 aromatic rings. The number of benzene rings is 1. The minimum absolute atomic E-state index is 0.0129. The topological polar surface area (TPSA) is 52.6 Å². The number of ketones is 1. The summed E-state index contributed by atoms with van der Waals surface area (Å²) in [4.78, 5) is 24.3. The van der Waals surface area contributed by atoms with Crippen LogP contribution in [0.4, 0.5) is 0 Å². The molecule has 4 aliphatic rings. The SMILES string of the molecule is CC1(C)OC2C3C=CC(C(C(=O)c4ccccc4C=O)C3)C2O1. The third kappa shape index (κ3) is 2.28. The van der Waals surface area contributed by atoms with E-state index in [-0.39, 0.29) is 35.7 Å². The van der Waals surface area contributed by atoms with Gasteiger partial charge >= 0.3 is 0 Å². The highest BCUT2D eigenvalue weighted by Crippen LogP contribution is 2.50. The van der Waals surface area contributed by atoms with Gasteiger partial charge in [0.25, 0.3) is 0 Å². The lowest BCUT2D eigenvalue weighted by Gasteiger charge is -2.43. The molecule has 1 heterocycles. The van der Waals surface area contributed by atoms with Crippen molar-refractivity contribution in [2.24, 2.45) is 17.8 Å². The highest BCUT2D eigenvalue weighted by molar-refractivity contribution is 6.04. The molecule has 1 saturated heterocycles. The molecule has 5 unspecified atom stereocenters. The molecule has 0 radical (unpaired) electrons. The van der Waals surface area contributed by atoms with Crippen LogP contribution in [0.2, 0.25) is 0 Å². The van der Waals surface area contributed by atoms with E-state index in [9.17, 15) is 9.59 Å². The van der Waals surface area contributed by atoms with Gasteiger partial charge in [0.15, 0.2) is 17.9 Å². The van der Waals surface area contributed by atoms with Gasteiger partial charge < -0.3 is 9.47 Å². The van der Waals surface area contributed by atoms with Crippen LogP contribution >= 0.6 is 0 Å². The normalized spacial score (nSPS) is 36.7. The van der Waals surface area contributed by atoms with E-state index in [1.807, 2.05) is 13.8 Å². The van der Waals surface area contributed by atoms with Crippen LogP contribution in [0.1, 0.15) is 41.0 Å². The Labute approximate surface area is 135 Å². The Bertz CT molecular complexity index is 690. The summed E-state index contributed by atoms with van der Waals surface area (Å²) in [5.41, 5.74) is 0.978.